The molecule has 0 saturated carbocycles. The Morgan fingerprint density at radius 3 is 2.25 bits per heavy atom. The minimum Gasteiger partial charge on any atom is -0.507 e. The van der Waals surface area contributed by atoms with Crippen LogP contribution in [0.3, 0.4) is 0 Å². The number of ketones is 1. The van der Waals surface area contributed by atoms with Gasteiger partial charge in [0, 0.05) is 10.6 Å². The Labute approximate surface area is 191 Å². The molecule has 32 heavy (non-hydrogen) atoms. The number of likely N-dealkylation sites (tertiary alicyclic amines) is 1. The Morgan fingerprint density at radius 1 is 1.03 bits per heavy atom. The van der Waals surface area contributed by atoms with Crippen molar-refractivity contribution >= 4 is 29.1 Å². The molecule has 3 aromatic rings. The summed E-state index contributed by atoms with van der Waals surface area (Å²) in [6, 6.07) is 17.0. The number of aliphatic hydroxyl groups is 1. The number of carbonyl (C=O) groups is 2. The van der Waals surface area contributed by atoms with Crippen LogP contribution in [-0.4, -0.2) is 21.7 Å². The van der Waals surface area contributed by atoms with Crippen LogP contribution in [0.4, 0.5) is 0 Å². The number of benzene rings is 2. The van der Waals surface area contributed by atoms with Gasteiger partial charge >= 0.3 is 0 Å². The second-order valence-electron chi connectivity index (χ2n) is 8.89. The van der Waals surface area contributed by atoms with Crippen molar-refractivity contribution in [1.82, 2.24) is 4.90 Å². The first kappa shape index (κ1) is 21.9. The van der Waals surface area contributed by atoms with Crippen LogP contribution in [0.1, 0.15) is 49.3 Å². The molecule has 1 fully saturated rings. The van der Waals surface area contributed by atoms with Gasteiger partial charge in [0.1, 0.15) is 11.5 Å². The van der Waals surface area contributed by atoms with Gasteiger partial charge in [0.25, 0.3) is 11.7 Å². The van der Waals surface area contributed by atoms with E-state index in [9.17, 15) is 14.7 Å². The maximum Gasteiger partial charge on any atom is 0.296 e. The fourth-order valence-corrected chi connectivity index (χ4v) is 4.01. The molecule has 1 N–H and O–H groups in total. The lowest BCUT2D eigenvalue weighted by Gasteiger charge is -2.26. The first-order chi connectivity index (χ1) is 15.2. The predicted octanol–water partition coefficient (Wildman–Crippen LogP) is 5.85. The summed E-state index contributed by atoms with van der Waals surface area (Å²) < 4.78 is 5.42. The first-order valence-corrected chi connectivity index (χ1v) is 10.7. The molecule has 1 unspecified atom stereocenters. The maximum atomic E-state index is 13.1. The number of carbonyl (C=O) groups excluding carboxylic acids is 2. The van der Waals surface area contributed by atoms with Crippen molar-refractivity contribution in [3.8, 4) is 0 Å². The molecule has 0 aliphatic carbocycles. The van der Waals surface area contributed by atoms with Crippen molar-refractivity contribution in [2.45, 2.75) is 38.8 Å². The van der Waals surface area contributed by atoms with E-state index in [0.29, 0.717) is 16.3 Å². The summed E-state index contributed by atoms with van der Waals surface area (Å²) in [6.07, 6.45) is 1.52. The SMILES string of the molecule is CC(C)(C)c1ccc(C2/C(=C(/O)c3ccc(Cl)cc3)C(=O)C(=O)N2Cc2ccco2)cc1. The molecule has 4 rings (SSSR count). The minimum absolute atomic E-state index is 0.0438. The number of hydrogen-bond donors (Lipinski definition) is 1. The third-order valence-corrected chi connectivity index (χ3v) is 5.91. The van der Waals surface area contributed by atoms with Crippen molar-refractivity contribution in [3.63, 3.8) is 0 Å². The van der Waals surface area contributed by atoms with Gasteiger partial charge in [-0.2, -0.15) is 0 Å². The van der Waals surface area contributed by atoms with Gasteiger partial charge in [-0.05, 0) is 52.9 Å². The number of nitrogens with zero attached hydrogens (tertiary/aromatic N) is 1. The summed E-state index contributed by atoms with van der Waals surface area (Å²) in [4.78, 5) is 27.5. The molecule has 0 bridgehead atoms. The Bertz CT molecular complexity index is 1170. The van der Waals surface area contributed by atoms with Crippen LogP contribution in [0.15, 0.2) is 76.9 Å². The highest BCUT2D eigenvalue weighted by molar-refractivity contribution is 6.46. The van der Waals surface area contributed by atoms with Gasteiger partial charge < -0.3 is 14.4 Å². The average Bonchev–Trinajstić information content (AvgIpc) is 3.36. The van der Waals surface area contributed by atoms with Gasteiger partial charge in [0.15, 0.2) is 0 Å². The second kappa shape index (κ2) is 8.32. The van der Waals surface area contributed by atoms with E-state index in [-0.39, 0.29) is 23.3 Å². The standard InChI is InChI=1S/C26H24ClNO4/c1-26(2,3)18-10-6-16(7-11-18)22-21(23(29)17-8-12-19(27)13-9-17)24(30)25(31)28(22)15-20-5-4-14-32-20/h4-14,22,29H,15H2,1-3H3/b23-21-. The number of furan rings is 1. The third-order valence-electron chi connectivity index (χ3n) is 5.66. The monoisotopic (exact) mass is 449 g/mol. The molecule has 1 aromatic heterocycles. The largest absolute Gasteiger partial charge is 0.507 e. The van der Waals surface area contributed by atoms with E-state index < -0.39 is 17.7 Å². The Balaban J connectivity index is 1.85. The number of Topliss-reactive ketones (excluding diaryl/α,β-unsaturated/α-hetero) is 1. The normalized spacial score (nSPS) is 18.4. The zero-order valence-electron chi connectivity index (χ0n) is 18.1. The van der Waals surface area contributed by atoms with Crippen LogP contribution >= 0.6 is 11.6 Å². The van der Waals surface area contributed by atoms with Crippen molar-refractivity contribution in [3.05, 3.63) is 100.0 Å². The summed E-state index contributed by atoms with van der Waals surface area (Å²) in [5.41, 5.74) is 2.29. The molecular weight excluding hydrogens is 426 g/mol. The number of hydrogen-bond acceptors (Lipinski definition) is 4. The highest BCUT2D eigenvalue weighted by Crippen LogP contribution is 2.41. The molecule has 1 aliphatic heterocycles. The quantitative estimate of drug-likeness (QED) is 0.308. The van der Waals surface area contributed by atoms with Gasteiger partial charge in [-0.15, -0.1) is 0 Å². The van der Waals surface area contributed by atoms with Gasteiger partial charge in [0.05, 0.1) is 24.4 Å². The Morgan fingerprint density at radius 2 is 1.69 bits per heavy atom. The summed E-state index contributed by atoms with van der Waals surface area (Å²) in [5, 5.41) is 11.6. The van der Waals surface area contributed by atoms with Crippen molar-refractivity contribution in [2.75, 3.05) is 0 Å². The van der Waals surface area contributed by atoms with E-state index in [4.69, 9.17) is 16.0 Å². The molecular formula is C26H24ClNO4. The highest BCUT2D eigenvalue weighted by atomic mass is 35.5. The Kier molecular flexibility index (Phi) is 5.70. The van der Waals surface area contributed by atoms with Crippen LogP contribution in [0, 0.1) is 0 Å². The lowest BCUT2D eigenvalue weighted by atomic mass is 9.85. The highest BCUT2D eigenvalue weighted by Gasteiger charge is 2.46. The fraction of sp³-hybridized carbons (Fsp3) is 0.231. The number of amides is 1. The predicted molar refractivity (Wildman–Crippen MR) is 123 cm³/mol. The molecule has 1 amide bonds. The molecule has 2 heterocycles. The number of aliphatic hydroxyl groups excluding tert-OH is 1. The number of rotatable bonds is 4. The van der Waals surface area contributed by atoms with Gasteiger partial charge in [0.2, 0.25) is 0 Å². The van der Waals surface area contributed by atoms with E-state index in [1.54, 1.807) is 36.4 Å². The van der Waals surface area contributed by atoms with Gasteiger partial charge in [-0.3, -0.25) is 9.59 Å². The third kappa shape index (κ3) is 4.08. The average molecular weight is 450 g/mol. The molecule has 0 radical (unpaired) electrons. The van der Waals surface area contributed by atoms with Gasteiger partial charge in [-0.25, -0.2) is 0 Å². The van der Waals surface area contributed by atoms with Gasteiger partial charge in [-0.1, -0.05) is 56.6 Å². The smallest absolute Gasteiger partial charge is 0.296 e. The lowest BCUT2D eigenvalue weighted by Crippen LogP contribution is -2.29. The molecule has 0 spiro atoms. The van der Waals surface area contributed by atoms with E-state index in [0.717, 1.165) is 11.1 Å². The first-order valence-electron chi connectivity index (χ1n) is 10.3. The van der Waals surface area contributed by atoms with Crippen LogP contribution < -0.4 is 0 Å². The summed E-state index contributed by atoms with van der Waals surface area (Å²) in [7, 11) is 0. The zero-order valence-corrected chi connectivity index (χ0v) is 18.9. The second-order valence-corrected chi connectivity index (χ2v) is 9.32. The van der Waals surface area contributed by atoms with E-state index in [2.05, 4.69) is 20.8 Å². The van der Waals surface area contributed by atoms with E-state index in [1.807, 2.05) is 24.3 Å². The molecule has 1 saturated heterocycles. The van der Waals surface area contributed by atoms with E-state index >= 15 is 0 Å². The zero-order chi connectivity index (χ0) is 23.0. The molecule has 1 aliphatic rings. The van der Waals surface area contributed by atoms with Crippen molar-refractivity contribution in [2.24, 2.45) is 0 Å². The summed E-state index contributed by atoms with van der Waals surface area (Å²) in [5.74, 6) is -1.09. The lowest BCUT2D eigenvalue weighted by molar-refractivity contribution is -0.140. The van der Waals surface area contributed by atoms with Crippen LogP contribution in [-0.2, 0) is 21.5 Å². The van der Waals surface area contributed by atoms with Crippen LogP contribution in [0.5, 0.6) is 0 Å². The molecule has 2 aromatic carbocycles. The molecule has 1 atom stereocenters. The summed E-state index contributed by atoms with van der Waals surface area (Å²) in [6.45, 7) is 6.46. The van der Waals surface area contributed by atoms with E-state index in [1.165, 1.54) is 11.2 Å². The summed E-state index contributed by atoms with van der Waals surface area (Å²) >= 11 is 5.97. The van der Waals surface area contributed by atoms with Crippen molar-refractivity contribution in [1.29, 1.82) is 0 Å². The molecule has 164 valence electrons. The van der Waals surface area contributed by atoms with Crippen LogP contribution in [0.25, 0.3) is 5.76 Å². The van der Waals surface area contributed by atoms with Crippen molar-refractivity contribution < 1.29 is 19.1 Å². The molecule has 5 nitrogen and oxygen atoms in total. The number of halogens is 1. The van der Waals surface area contributed by atoms with Crippen LogP contribution in [0.2, 0.25) is 5.02 Å². The fourth-order valence-electron chi connectivity index (χ4n) is 3.89. The topological polar surface area (TPSA) is 70.8 Å². The minimum atomic E-state index is -0.746. The Hall–Kier alpha value is -3.31. The molecule has 6 heteroatoms. The maximum absolute atomic E-state index is 13.1.